The lowest BCUT2D eigenvalue weighted by molar-refractivity contribution is 0.116. The third kappa shape index (κ3) is 6.94. The highest BCUT2D eigenvalue weighted by molar-refractivity contribution is 7.89. The number of anilines is 1. The maximum Gasteiger partial charge on any atom is 0.295 e. The van der Waals surface area contributed by atoms with Crippen LogP contribution in [0, 0.1) is 5.92 Å². The third-order valence-electron chi connectivity index (χ3n) is 5.49. The molecule has 0 aliphatic carbocycles. The van der Waals surface area contributed by atoms with E-state index in [1.807, 2.05) is 52.0 Å². The van der Waals surface area contributed by atoms with Gasteiger partial charge in [-0.1, -0.05) is 26.0 Å². The van der Waals surface area contributed by atoms with E-state index in [0.717, 1.165) is 11.3 Å². The van der Waals surface area contributed by atoms with Gasteiger partial charge in [0.15, 0.2) is 5.58 Å². The first kappa shape index (κ1) is 26.9. The predicted octanol–water partition coefficient (Wildman–Crippen LogP) is 3.23. The van der Waals surface area contributed by atoms with Gasteiger partial charge in [0.2, 0.25) is 10.0 Å². The molecule has 192 valence electrons. The average molecular weight is 505 g/mol. The van der Waals surface area contributed by atoms with Gasteiger partial charge in [0.05, 0.1) is 18.1 Å². The molecule has 0 spiro atoms. The van der Waals surface area contributed by atoms with Gasteiger partial charge >= 0.3 is 0 Å². The lowest BCUT2D eigenvalue weighted by Gasteiger charge is -2.28. The molecule has 0 radical (unpaired) electrons. The Balaban J connectivity index is 1.80. The number of oxazole rings is 1. The number of sulfonamides is 1. The summed E-state index contributed by atoms with van der Waals surface area (Å²) < 4.78 is 39.3. The Kier molecular flexibility index (Phi) is 8.76. The summed E-state index contributed by atoms with van der Waals surface area (Å²) in [6.45, 7) is 7.89. The van der Waals surface area contributed by atoms with Gasteiger partial charge in [0.1, 0.15) is 11.3 Å². The zero-order valence-electron chi connectivity index (χ0n) is 20.9. The van der Waals surface area contributed by atoms with Crippen LogP contribution in [0.2, 0.25) is 0 Å². The van der Waals surface area contributed by atoms with Crippen molar-refractivity contribution in [3.05, 3.63) is 48.0 Å². The number of fused-ring (bicyclic) bond motifs is 1. The fraction of sp³-hybridized carbons (Fsp3) is 0.480. The first-order valence-corrected chi connectivity index (χ1v) is 13.2. The quantitative estimate of drug-likeness (QED) is 0.343. The third-order valence-corrected chi connectivity index (χ3v) is 7.32. The molecule has 4 N–H and O–H groups in total. The SMILES string of the molecule is COc1ccc(C[C@H](N)[C@H](O)CN(CC(C)C)S(=O)(=O)c2ccc3nc(NC(C)C)oc3c2)cc1. The van der Waals surface area contributed by atoms with Crippen molar-refractivity contribution < 1.29 is 22.7 Å². The van der Waals surface area contributed by atoms with Crippen molar-refractivity contribution in [2.45, 2.75) is 57.2 Å². The van der Waals surface area contributed by atoms with Crippen molar-refractivity contribution in [2.24, 2.45) is 11.7 Å². The molecule has 1 heterocycles. The molecule has 35 heavy (non-hydrogen) atoms. The van der Waals surface area contributed by atoms with E-state index in [1.54, 1.807) is 13.2 Å². The molecule has 10 heteroatoms. The number of hydrogen-bond donors (Lipinski definition) is 3. The minimum absolute atomic E-state index is 0.0469. The number of ether oxygens (including phenoxy) is 1. The van der Waals surface area contributed by atoms with Crippen molar-refractivity contribution in [2.75, 3.05) is 25.5 Å². The molecule has 2 atom stereocenters. The number of aliphatic hydroxyl groups excluding tert-OH is 1. The van der Waals surface area contributed by atoms with E-state index in [0.29, 0.717) is 23.5 Å². The Labute approximate surface area is 207 Å². The molecule has 0 fully saturated rings. The molecule has 0 bridgehead atoms. The Morgan fingerprint density at radius 2 is 1.80 bits per heavy atom. The van der Waals surface area contributed by atoms with E-state index in [-0.39, 0.29) is 29.9 Å². The van der Waals surface area contributed by atoms with Crippen LogP contribution < -0.4 is 15.8 Å². The average Bonchev–Trinajstić information content (AvgIpc) is 3.19. The van der Waals surface area contributed by atoms with Crippen LogP contribution in [0.15, 0.2) is 51.8 Å². The van der Waals surface area contributed by atoms with Crippen LogP contribution in [0.25, 0.3) is 11.1 Å². The second-order valence-electron chi connectivity index (χ2n) is 9.45. The van der Waals surface area contributed by atoms with Gasteiger partial charge in [0.25, 0.3) is 6.01 Å². The molecule has 0 unspecified atom stereocenters. The molecule has 1 aromatic heterocycles. The van der Waals surface area contributed by atoms with Crippen molar-refractivity contribution >= 4 is 27.1 Å². The molecule has 0 aliphatic rings. The number of aromatic nitrogens is 1. The summed E-state index contributed by atoms with van der Waals surface area (Å²) in [6, 6.07) is 11.8. The Morgan fingerprint density at radius 3 is 2.40 bits per heavy atom. The number of nitrogens with zero attached hydrogens (tertiary/aromatic N) is 2. The highest BCUT2D eigenvalue weighted by Crippen LogP contribution is 2.26. The molecule has 3 rings (SSSR count). The van der Waals surface area contributed by atoms with Gasteiger partial charge in [-0.25, -0.2) is 8.42 Å². The van der Waals surface area contributed by atoms with E-state index in [2.05, 4.69) is 10.3 Å². The fourth-order valence-electron chi connectivity index (χ4n) is 3.72. The highest BCUT2D eigenvalue weighted by atomic mass is 32.2. The molecule has 3 aromatic rings. The minimum atomic E-state index is -3.92. The van der Waals surface area contributed by atoms with E-state index >= 15 is 0 Å². The standard InChI is InChI=1S/C25H36N4O5S/c1-16(2)14-29(15-23(30)21(26)12-18-6-8-19(33-5)9-7-18)35(31,32)20-10-11-22-24(13-20)34-25(28-22)27-17(3)4/h6-11,13,16-17,21,23,30H,12,14-15,26H2,1-5H3,(H,27,28)/t21-,23+/m0/s1. The van der Waals surface area contributed by atoms with Gasteiger partial charge in [-0.2, -0.15) is 9.29 Å². The van der Waals surface area contributed by atoms with Crippen LogP contribution in [0.3, 0.4) is 0 Å². The van der Waals surface area contributed by atoms with E-state index in [1.165, 1.54) is 16.4 Å². The van der Waals surface area contributed by atoms with E-state index < -0.39 is 22.2 Å². The van der Waals surface area contributed by atoms with Gasteiger partial charge < -0.3 is 25.3 Å². The largest absolute Gasteiger partial charge is 0.497 e. The zero-order valence-corrected chi connectivity index (χ0v) is 21.7. The van der Waals surface area contributed by atoms with Crippen molar-refractivity contribution in [3.63, 3.8) is 0 Å². The monoisotopic (exact) mass is 504 g/mol. The summed E-state index contributed by atoms with van der Waals surface area (Å²) in [6.07, 6.45) is -0.655. The fourth-order valence-corrected chi connectivity index (χ4v) is 5.35. The lowest BCUT2D eigenvalue weighted by Crippen LogP contribution is -2.47. The molecular weight excluding hydrogens is 468 g/mol. The van der Waals surface area contributed by atoms with Crippen LogP contribution in [-0.2, 0) is 16.4 Å². The normalized spacial score (nSPS) is 14.1. The summed E-state index contributed by atoms with van der Waals surface area (Å²) in [4.78, 5) is 4.42. The van der Waals surface area contributed by atoms with Gasteiger partial charge in [-0.05, 0) is 56.0 Å². The van der Waals surface area contributed by atoms with Crippen molar-refractivity contribution in [3.8, 4) is 5.75 Å². The molecule has 0 saturated carbocycles. The van der Waals surface area contributed by atoms with E-state index in [9.17, 15) is 13.5 Å². The zero-order chi connectivity index (χ0) is 25.8. The number of hydrogen-bond acceptors (Lipinski definition) is 8. The maximum atomic E-state index is 13.6. The van der Waals surface area contributed by atoms with Crippen molar-refractivity contribution in [1.29, 1.82) is 0 Å². The Hall–Kier alpha value is -2.66. The Morgan fingerprint density at radius 1 is 1.11 bits per heavy atom. The van der Waals surface area contributed by atoms with Crippen LogP contribution in [0.5, 0.6) is 5.75 Å². The molecule has 0 saturated heterocycles. The molecule has 9 nitrogen and oxygen atoms in total. The second-order valence-corrected chi connectivity index (χ2v) is 11.4. The number of benzene rings is 2. The van der Waals surface area contributed by atoms with E-state index in [4.69, 9.17) is 14.9 Å². The summed E-state index contributed by atoms with van der Waals surface area (Å²) in [5.41, 5.74) is 8.12. The smallest absolute Gasteiger partial charge is 0.295 e. The summed E-state index contributed by atoms with van der Waals surface area (Å²) in [7, 11) is -2.33. The summed E-state index contributed by atoms with van der Waals surface area (Å²) in [5, 5.41) is 13.9. The number of methoxy groups -OCH3 is 1. The Bertz CT molecular complexity index is 1210. The predicted molar refractivity (Wildman–Crippen MR) is 137 cm³/mol. The van der Waals surface area contributed by atoms with Crippen molar-refractivity contribution in [1.82, 2.24) is 9.29 Å². The summed E-state index contributed by atoms with van der Waals surface area (Å²) in [5.74, 6) is 0.776. The van der Waals surface area contributed by atoms with Gasteiger partial charge in [-0.15, -0.1) is 0 Å². The van der Waals surface area contributed by atoms with Crippen LogP contribution in [0.1, 0.15) is 33.3 Å². The number of rotatable bonds is 12. The number of nitrogens with two attached hydrogens (primary N) is 1. The van der Waals surface area contributed by atoms with Gasteiger partial charge in [0, 0.05) is 31.2 Å². The second kappa shape index (κ2) is 11.4. The van der Waals surface area contributed by atoms with Crippen LogP contribution in [0.4, 0.5) is 6.01 Å². The molecule has 0 amide bonds. The highest BCUT2D eigenvalue weighted by Gasteiger charge is 2.30. The lowest BCUT2D eigenvalue weighted by atomic mass is 10.0. The minimum Gasteiger partial charge on any atom is -0.497 e. The topological polar surface area (TPSA) is 131 Å². The molecule has 2 aromatic carbocycles. The first-order valence-electron chi connectivity index (χ1n) is 11.7. The number of nitrogens with one attached hydrogen (secondary N) is 1. The van der Waals surface area contributed by atoms with Crippen LogP contribution >= 0.6 is 0 Å². The number of aliphatic hydroxyl groups is 1. The summed E-state index contributed by atoms with van der Waals surface area (Å²) >= 11 is 0. The first-order chi connectivity index (χ1) is 16.5. The molecule has 0 aliphatic heterocycles. The van der Waals surface area contributed by atoms with Gasteiger partial charge in [-0.3, -0.25) is 0 Å². The maximum absolute atomic E-state index is 13.6. The molecular formula is C25H36N4O5S. The van der Waals surface area contributed by atoms with Crippen LogP contribution in [-0.4, -0.2) is 61.2 Å².